The topological polar surface area (TPSA) is 44.5 Å². The van der Waals surface area contributed by atoms with Gasteiger partial charge in [0.05, 0.1) is 11.6 Å². The quantitative estimate of drug-likeness (QED) is 0.357. The fourth-order valence-electron chi connectivity index (χ4n) is 3.50. The minimum Gasteiger partial charge on any atom is -0.488 e. The van der Waals surface area contributed by atoms with Crippen molar-refractivity contribution in [1.29, 1.82) is 0 Å². The number of hydrogen-bond donors (Lipinski definition) is 1. The summed E-state index contributed by atoms with van der Waals surface area (Å²) in [6, 6.07) is 15.1. The van der Waals surface area contributed by atoms with Gasteiger partial charge in [-0.1, -0.05) is 36.4 Å². The number of hydrogen-bond acceptors (Lipinski definition) is 3. The Morgan fingerprint density at radius 1 is 0.882 bits per heavy atom. The Morgan fingerprint density at radius 2 is 1.56 bits per heavy atom. The van der Waals surface area contributed by atoms with Gasteiger partial charge in [-0.25, -0.2) is 8.78 Å². The molecule has 0 saturated heterocycles. The molecule has 1 atom stereocenters. The molecule has 34 heavy (non-hydrogen) atoms. The van der Waals surface area contributed by atoms with Crippen LogP contribution >= 0.6 is 0 Å². The molecule has 0 aliphatic rings. The smallest absolute Gasteiger partial charge is 0.461 e. The van der Waals surface area contributed by atoms with Gasteiger partial charge in [-0.15, -0.1) is 0 Å². The SMILES string of the molecule is CC(C)Oc1ccc([C@](N)(Cc2ccccc2)c2cc(F)cc(OC(F)(F)C(F)F)c2)cc1F. The van der Waals surface area contributed by atoms with Gasteiger partial charge < -0.3 is 15.2 Å². The van der Waals surface area contributed by atoms with Crippen LogP contribution in [0.1, 0.15) is 30.5 Å². The summed E-state index contributed by atoms with van der Waals surface area (Å²) in [5.41, 5.74) is 5.83. The van der Waals surface area contributed by atoms with Crippen LogP contribution in [0.5, 0.6) is 11.5 Å². The molecule has 3 aromatic rings. The molecule has 0 unspecified atom stereocenters. The van der Waals surface area contributed by atoms with Crippen LogP contribution in [0.2, 0.25) is 0 Å². The van der Waals surface area contributed by atoms with E-state index in [0.717, 1.165) is 18.2 Å². The second-order valence-electron chi connectivity index (χ2n) is 8.09. The first-order valence-corrected chi connectivity index (χ1v) is 10.4. The van der Waals surface area contributed by atoms with Gasteiger partial charge in [0.15, 0.2) is 11.6 Å². The van der Waals surface area contributed by atoms with E-state index in [2.05, 4.69) is 4.74 Å². The fraction of sp³-hybridized carbons (Fsp3) is 0.280. The van der Waals surface area contributed by atoms with Gasteiger partial charge in [-0.3, -0.25) is 0 Å². The normalized spacial score (nSPS) is 13.7. The minimum absolute atomic E-state index is 0.00575. The largest absolute Gasteiger partial charge is 0.488 e. The van der Waals surface area contributed by atoms with Gasteiger partial charge in [0.1, 0.15) is 11.6 Å². The third-order valence-electron chi connectivity index (χ3n) is 5.03. The van der Waals surface area contributed by atoms with Crippen LogP contribution in [-0.4, -0.2) is 18.6 Å². The van der Waals surface area contributed by atoms with Crippen molar-refractivity contribution in [3.8, 4) is 11.5 Å². The van der Waals surface area contributed by atoms with Crippen LogP contribution in [0.4, 0.5) is 26.3 Å². The molecule has 0 spiro atoms. The standard InChI is InChI=1S/C25H23F6NO2/c1-15(2)33-22-9-8-17(12-21(22)27)24(32,14-16-6-4-3-5-7-16)18-10-19(26)13-20(11-18)34-25(30,31)23(28)29/h3-13,15,23H,14,32H2,1-2H3/t24-/m1/s1. The second-order valence-corrected chi connectivity index (χ2v) is 8.09. The van der Waals surface area contributed by atoms with E-state index in [-0.39, 0.29) is 29.4 Å². The molecule has 3 aromatic carbocycles. The Hall–Kier alpha value is -3.20. The number of benzene rings is 3. The molecule has 182 valence electrons. The summed E-state index contributed by atoms with van der Waals surface area (Å²) >= 11 is 0. The summed E-state index contributed by atoms with van der Waals surface area (Å²) in [7, 11) is 0. The lowest BCUT2D eigenvalue weighted by molar-refractivity contribution is -0.253. The van der Waals surface area contributed by atoms with E-state index >= 15 is 0 Å². The molecule has 0 amide bonds. The zero-order valence-corrected chi connectivity index (χ0v) is 18.4. The molecule has 0 heterocycles. The molecule has 0 radical (unpaired) electrons. The van der Waals surface area contributed by atoms with Gasteiger partial charge in [0.25, 0.3) is 0 Å². The molecular formula is C25H23F6NO2. The van der Waals surface area contributed by atoms with Gasteiger partial charge >= 0.3 is 12.5 Å². The summed E-state index contributed by atoms with van der Waals surface area (Å²) in [5, 5.41) is 0. The van der Waals surface area contributed by atoms with Crippen molar-refractivity contribution in [3.63, 3.8) is 0 Å². The lowest BCUT2D eigenvalue weighted by Crippen LogP contribution is -2.41. The molecule has 2 N–H and O–H groups in total. The molecule has 0 aliphatic carbocycles. The van der Waals surface area contributed by atoms with Crippen molar-refractivity contribution in [1.82, 2.24) is 0 Å². The number of nitrogens with two attached hydrogens (primary N) is 1. The van der Waals surface area contributed by atoms with Gasteiger partial charge in [-0.05, 0) is 61.2 Å². The minimum atomic E-state index is -4.84. The van der Waals surface area contributed by atoms with E-state index in [4.69, 9.17) is 10.5 Å². The zero-order valence-electron chi connectivity index (χ0n) is 18.4. The molecule has 0 fully saturated rings. The van der Waals surface area contributed by atoms with Crippen molar-refractivity contribution in [2.45, 2.75) is 44.4 Å². The van der Waals surface area contributed by atoms with Crippen LogP contribution in [-0.2, 0) is 12.0 Å². The average molecular weight is 483 g/mol. The molecule has 0 aromatic heterocycles. The first-order chi connectivity index (χ1) is 15.9. The predicted octanol–water partition coefficient (Wildman–Crippen LogP) is 6.43. The lowest BCUT2D eigenvalue weighted by atomic mass is 9.78. The van der Waals surface area contributed by atoms with Crippen LogP contribution in [0.25, 0.3) is 0 Å². The molecular weight excluding hydrogens is 460 g/mol. The summed E-state index contributed by atoms with van der Waals surface area (Å²) in [5.74, 6) is -2.64. The second kappa shape index (κ2) is 9.97. The summed E-state index contributed by atoms with van der Waals surface area (Å²) in [6.07, 6.45) is -9.27. The van der Waals surface area contributed by atoms with E-state index in [1.54, 1.807) is 44.2 Å². The fourth-order valence-corrected chi connectivity index (χ4v) is 3.50. The highest BCUT2D eigenvalue weighted by Gasteiger charge is 2.44. The maximum Gasteiger partial charge on any atom is 0.461 e. The van der Waals surface area contributed by atoms with Crippen molar-refractivity contribution in [2.24, 2.45) is 5.73 Å². The lowest BCUT2D eigenvalue weighted by Gasteiger charge is -2.32. The zero-order chi connectivity index (χ0) is 25.1. The highest BCUT2D eigenvalue weighted by atomic mass is 19.3. The molecule has 0 bridgehead atoms. The third-order valence-corrected chi connectivity index (χ3v) is 5.03. The Balaban J connectivity index is 2.13. The first-order valence-electron chi connectivity index (χ1n) is 10.4. The van der Waals surface area contributed by atoms with Gasteiger partial charge in [0, 0.05) is 6.07 Å². The van der Waals surface area contributed by atoms with E-state index in [1.807, 2.05) is 0 Å². The number of halogens is 6. The first kappa shape index (κ1) is 25.4. The van der Waals surface area contributed by atoms with Crippen molar-refractivity contribution < 1.29 is 35.8 Å². The van der Waals surface area contributed by atoms with E-state index < -0.39 is 35.5 Å². The summed E-state index contributed by atoms with van der Waals surface area (Å²) in [6.45, 7) is 3.44. The number of rotatable bonds is 9. The maximum atomic E-state index is 14.8. The molecule has 3 nitrogen and oxygen atoms in total. The van der Waals surface area contributed by atoms with Gasteiger partial charge in [-0.2, -0.15) is 17.6 Å². The Bertz CT molecular complexity index is 1120. The maximum absolute atomic E-state index is 14.8. The summed E-state index contributed by atoms with van der Waals surface area (Å²) in [4.78, 5) is 0. The van der Waals surface area contributed by atoms with E-state index in [1.165, 1.54) is 12.1 Å². The average Bonchev–Trinajstić information content (AvgIpc) is 2.74. The van der Waals surface area contributed by atoms with Gasteiger partial charge in [0.2, 0.25) is 0 Å². The third kappa shape index (κ3) is 5.83. The summed E-state index contributed by atoms with van der Waals surface area (Å²) < 4.78 is 90.9. The number of ether oxygens (including phenoxy) is 2. The molecule has 0 aliphatic heterocycles. The van der Waals surface area contributed by atoms with E-state index in [9.17, 15) is 26.3 Å². The Kier molecular flexibility index (Phi) is 7.45. The monoisotopic (exact) mass is 483 g/mol. The predicted molar refractivity (Wildman–Crippen MR) is 115 cm³/mol. The van der Waals surface area contributed by atoms with Crippen molar-refractivity contribution in [3.05, 3.63) is 95.1 Å². The molecule has 0 saturated carbocycles. The highest BCUT2D eigenvalue weighted by molar-refractivity contribution is 5.45. The number of alkyl halides is 4. The Labute approximate surface area is 193 Å². The van der Waals surface area contributed by atoms with Crippen LogP contribution in [0, 0.1) is 11.6 Å². The van der Waals surface area contributed by atoms with Crippen LogP contribution in [0.15, 0.2) is 66.7 Å². The van der Waals surface area contributed by atoms with Crippen molar-refractivity contribution in [2.75, 3.05) is 0 Å². The Morgan fingerprint density at radius 3 is 2.15 bits per heavy atom. The van der Waals surface area contributed by atoms with Crippen LogP contribution < -0.4 is 15.2 Å². The highest BCUT2D eigenvalue weighted by Crippen LogP contribution is 2.37. The molecule has 9 heteroatoms. The van der Waals surface area contributed by atoms with E-state index in [0.29, 0.717) is 11.6 Å². The van der Waals surface area contributed by atoms with Crippen LogP contribution in [0.3, 0.4) is 0 Å². The molecule has 3 rings (SSSR count). The van der Waals surface area contributed by atoms with Crippen molar-refractivity contribution >= 4 is 0 Å².